The van der Waals surface area contributed by atoms with Crippen molar-refractivity contribution in [3.05, 3.63) is 78.4 Å². The molecule has 0 spiro atoms. The molecule has 23 heavy (non-hydrogen) atoms. The van der Waals surface area contributed by atoms with Gasteiger partial charge in [0.2, 0.25) is 0 Å². The van der Waals surface area contributed by atoms with Crippen LogP contribution in [0.25, 0.3) is 6.08 Å². The van der Waals surface area contributed by atoms with Crippen LogP contribution >= 0.6 is 0 Å². The summed E-state index contributed by atoms with van der Waals surface area (Å²) in [4.78, 5) is 11.8. The van der Waals surface area contributed by atoms with Crippen molar-refractivity contribution in [2.24, 2.45) is 0 Å². The van der Waals surface area contributed by atoms with Crippen molar-refractivity contribution in [1.29, 1.82) is 5.26 Å². The van der Waals surface area contributed by atoms with Crippen LogP contribution in [-0.4, -0.2) is 12.5 Å². The highest BCUT2D eigenvalue weighted by atomic mass is 16.5. The van der Waals surface area contributed by atoms with E-state index in [1.54, 1.807) is 24.3 Å². The zero-order chi connectivity index (χ0) is 16.5. The van der Waals surface area contributed by atoms with Gasteiger partial charge in [0.1, 0.15) is 23.1 Å². The lowest BCUT2D eigenvalue weighted by Gasteiger charge is -2.06. The molecule has 2 rings (SSSR count). The van der Waals surface area contributed by atoms with Gasteiger partial charge in [-0.15, -0.1) is 6.58 Å². The lowest BCUT2D eigenvalue weighted by atomic mass is 10.1. The zero-order valence-corrected chi connectivity index (χ0v) is 12.5. The Kier molecular flexibility index (Phi) is 5.73. The van der Waals surface area contributed by atoms with Gasteiger partial charge in [0.05, 0.1) is 0 Å². The standard InChI is InChI=1S/C19H16N2O2/c1-2-11-21-19(22)16(14-20)12-15-7-6-10-18(13-15)23-17-8-4-3-5-9-17/h2-10,12-13H,1,11H2,(H,21,22)/b16-12+. The van der Waals surface area contributed by atoms with Crippen LogP contribution in [-0.2, 0) is 4.79 Å². The first kappa shape index (κ1) is 16.1. The molecule has 0 aliphatic rings. The molecule has 1 N–H and O–H groups in total. The van der Waals surface area contributed by atoms with Gasteiger partial charge in [-0.05, 0) is 35.9 Å². The summed E-state index contributed by atoms with van der Waals surface area (Å²) in [6.07, 6.45) is 3.08. The van der Waals surface area contributed by atoms with E-state index in [0.717, 1.165) is 5.75 Å². The molecule has 2 aromatic rings. The highest BCUT2D eigenvalue weighted by Crippen LogP contribution is 2.22. The Bertz CT molecular complexity index is 758. The maximum absolute atomic E-state index is 11.8. The average Bonchev–Trinajstić information content (AvgIpc) is 2.59. The van der Waals surface area contributed by atoms with Gasteiger partial charge in [0.15, 0.2) is 0 Å². The molecule has 0 saturated carbocycles. The normalized spacial score (nSPS) is 10.5. The van der Waals surface area contributed by atoms with E-state index in [1.807, 2.05) is 42.5 Å². The smallest absolute Gasteiger partial charge is 0.262 e. The fraction of sp³-hybridized carbons (Fsp3) is 0.0526. The minimum Gasteiger partial charge on any atom is -0.457 e. The largest absolute Gasteiger partial charge is 0.457 e. The SMILES string of the molecule is C=CCNC(=O)/C(C#N)=C/c1cccc(Oc2ccccc2)c1. The number of nitrogens with zero attached hydrogens (tertiary/aromatic N) is 1. The van der Waals surface area contributed by atoms with E-state index in [0.29, 0.717) is 17.9 Å². The molecule has 0 radical (unpaired) electrons. The monoisotopic (exact) mass is 304 g/mol. The van der Waals surface area contributed by atoms with Crippen LogP contribution in [0.15, 0.2) is 72.8 Å². The zero-order valence-electron chi connectivity index (χ0n) is 12.5. The summed E-state index contributed by atoms with van der Waals surface area (Å²) in [7, 11) is 0. The number of hydrogen-bond donors (Lipinski definition) is 1. The molecule has 0 saturated heterocycles. The van der Waals surface area contributed by atoms with Gasteiger partial charge in [-0.25, -0.2) is 0 Å². The van der Waals surface area contributed by atoms with E-state index in [1.165, 1.54) is 6.08 Å². The topological polar surface area (TPSA) is 62.1 Å². The van der Waals surface area contributed by atoms with Crippen LogP contribution in [0, 0.1) is 11.3 Å². The lowest BCUT2D eigenvalue weighted by molar-refractivity contribution is -0.116. The van der Waals surface area contributed by atoms with E-state index in [9.17, 15) is 4.79 Å². The Morgan fingerprint density at radius 2 is 1.91 bits per heavy atom. The Hall–Kier alpha value is -3.32. The Labute approximate surface area is 135 Å². The minimum atomic E-state index is -0.429. The second-order valence-corrected chi connectivity index (χ2v) is 4.66. The molecule has 2 aromatic carbocycles. The highest BCUT2D eigenvalue weighted by Gasteiger charge is 2.08. The fourth-order valence-electron chi connectivity index (χ4n) is 1.87. The van der Waals surface area contributed by atoms with Gasteiger partial charge in [0, 0.05) is 6.54 Å². The first-order valence-electron chi connectivity index (χ1n) is 7.07. The molecule has 0 bridgehead atoms. The van der Waals surface area contributed by atoms with Crippen LogP contribution in [0.5, 0.6) is 11.5 Å². The second-order valence-electron chi connectivity index (χ2n) is 4.66. The predicted molar refractivity (Wildman–Crippen MR) is 89.8 cm³/mol. The number of carbonyl (C=O) groups is 1. The van der Waals surface area contributed by atoms with Gasteiger partial charge in [0.25, 0.3) is 5.91 Å². The molecular formula is C19H16N2O2. The van der Waals surface area contributed by atoms with Crippen molar-refractivity contribution < 1.29 is 9.53 Å². The number of para-hydroxylation sites is 1. The van der Waals surface area contributed by atoms with Crippen LogP contribution in [0.3, 0.4) is 0 Å². The predicted octanol–water partition coefficient (Wildman–Crippen LogP) is 3.69. The van der Waals surface area contributed by atoms with Gasteiger partial charge >= 0.3 is 0 Å². The average molecular weight is 304 g/mol. The fourth-order valence-corrected chi connectivity index (χ4v) is 1.87. The van der Waals surface area contributed by atoms with Crippen LogP contribution < -0.4 is 10.1 Å². The van der Waals surface area contributed by atoms with E-state index in [2.05, 4.69) is 11.9 Å². The third-order valence-corrected chi connectivity index (χ3v) is 2.92. The first-order chi connectivity index (χ1) is 11.2. The maximum atomic E-state index is 11.8. The molecule has 0 heterocycles. The van der Waals surface area contributed by atoms with Crippen LogP contribution in [0.4, 0.5) is 0 Å². The molecule has 0 aliphatic heterocycles. The molecule has 0 fully saturated rings. The Morgan fingerprint density at radius 1 is 1.17 bits per heavy atom. The molecular weight excluding hydrogens is 288 g/mol. The van der Waals surface area contributed by atoms with E-state index in [-0.39, 0.29) is 5.57 Å². The number of amides is 1. The van der Waals surface area contributed by atoms with Crippen LogP contribution in [0.1, 0.15) is 5.56 Å². The highest BCUT2D eigenvalue weighted by molar-refractivity contribution is 6.01. The summed E-state index contributed by atoms with van der Waals surface area (Å²) in [5, 5.41) is 11.7. The van der Waals surface area contributed by atoms with Crippen LogP contribution in [0.2, 0.25) is 0 Å². The molecule has 0 aromatic heterocycles. The third-order valence-electron chi connectivity index (χ3n) is 2.92. The van der Waals surface area contributed by atoms with Gasteiger partial charge in [-0.2, -0.15) is 5.26 Å². The molecule has 0 aliphatic carbocycles. The molecule has 114 valence electrons. The first-order valence-corrected chi connectivity index (χ1v) is 7.07. The van der Waals surface area contributed by atoms with E-state index < -0.39 is 5.91 Å². The molecule has 4 nitrogen and oxygen atoms in total. The number of carbonyl (C=O) groups excluding carboxylic acids is 1. The summed E-state index contributed by atoms with van der Waals surface area (Å²) >= 11 is 0. The van der Waals surface area contributed by atoms with Gasteiger partial charge in [-0.3, -0.25) is 4.79 Å². The summed E-state index contributed by atoms with van der Waals surface area (Å²) < 4.78 is 5.73. The Balaban J connectivity index is 2.18. The maximum Gasteiger partial charge on any atom is 0.262 e. The summed E-state index contributed by atoms with van der Waals surface area (Å²) in [6, 6.07) is 18.5. The quantitative estimate of drug-likeness (QED) is 0.503. The van der Waals surface area contributed by atoms with Crippen molar-refractivity contribution in [3.63, 3.8) is 0 Å². The number of nitriles is 1. The summed E-state index contributed by atoms with van der Waals surface area (Å²) in [5.74, 6) is 0.924. The Morgan fingerprint density at radius 3 is 2.61 bits per heavy atom. The van der Waals surface area contributed by atoms with Crippen molar-refractivity contribution in [2.75, 3.05) is 6.54 Å². The number of rotatable bonds is 6. The van der Waals surface area contributed by atoms with E-state index >= 15 is 0 Å². The summed E-state index contributed by atoms with van der Waals surface area (Å²) in [6.45, 7) is 3.83. The molecule has 1 amide bonds. The third kappa shape index (κ3) is 4.87. The molecule has 0 atom stereocenters. The number of benzene rings is 2. The second kappa shape index (κ2) is 8.20. The lowest BCUT2D eigenvalue weighted by Crippen LogP contribution is -2.24. The molecule has 0 unspecified atom stereocenters. The van der Waals surface area contributed by atoms with Crippen molar-refractivity contribution >= 4 is 12.0 Å². The number of nitrogens with one attached hydrogen (secondary N) is 1. The minimum absolute atomic E-state index is 0.0312. The number of hydrogen-bond acceptors (Lipinski definition) is 3. The van der Waals surface area contributed by atoms with Gasteiger partial charge in [-0.1, -0.05) is 36.4 Å². The van der Waals surface area contributed by atoms with Crippen molar-refractivity contribution in [3.8, 4) is 17.6 Å². The molecule has 4 heteroatoms. The van der Waals surface area contributed by atoms with Crippen molar-refractivity contribution in [1.82, 2.24) is 5.32 Å². The summed E-state index contributed by atoms with van der Waals surface area (Å²) in [5.41, 5.74) is 0.743. The van der Waals surface area contributed by atoms with Crippen molar-refractivity contribution in [2.45, 2.75) is 0 Å². The van der Waals surface area contributed by atoms with E-state index in [4.69, 9.17) is 10.00 Å². The number of ether oxygens (including phenoxy) is 1. The van der Waals surface area contributed by atoms with Gasteiger partial charge < -0.3 is 10.1 Å².